The van der Waals surface area contributed by atoms with E-state index in [1.807, 2.05) is 18.2 Å². The molecular formula is C16H23NO3. The lowest BCUT2D eigenvalue weighted by Gasteiger charge is -2.40. The summed E-state index contributed by atoms with van der Waals surface area (Å²) in [5.74, 6) is 2.38. The number of rotatable bonds is 4. The smallest absolute Gasteiger partial charge is 0.127 e. The van der Waals surface area contributed by atoms with Crippen LogP contribution in [0, 0.1) is 0 Å². The lowest BCUT2D eigenvalue weighted by molar-refractivity contribution is 0.0923. The van der Waals surface area contributed by atoms with Crippen LogP contribution in [0.5, 0.6) is 17.2 Å². The third kappa shape index (κ3) is 3.01. The molecule has 2 heterocycles. The monoisotopic (exact) mass is 277 g/mol. The van der Waals surface area contributed by atoms with Gasteiger partial charge in [0.25, 0.3) is 0 Å². The molecule has 2 aliphatic rings. The number of piperidine rings is 2. The van der Waals surface area contributed by atoms with Crippen LogP contribution in [0.4, 0.5) is 0 Å². The van der Waals surface area contributed by atoms with Crippen LogP contribution in [-0.4, -0.2) is 32.4 Å². The van der Waals surface area contributed by atoms with Gasteiger partial charge in [0, 0.05) is 30.3 Å². The molecule has 1 aromatic rings. The minimum atomic E-state index is 0.295. The van der Waals surface area contributed by atoms with Crippen molar-refractivity contribution in [3.63, 3.8) is 0 Å². The number of ether oxygens (including phenoxy) is 3. The number of fused-ring (bicyclic) bond motifs is 2. The molecular weight excluding hydrogens is 254 g/mol. The Labute approximate surface area is 120 Å². The lowest BCUT2D eigenvalue weighted by Crippen LogP contribution is -2.51. The highest BCUT2D eigenvalue weighted by Crippen LogP contribution is 2.32. The Bertz CT molecular complexity index is 429. The first-order chi connectivity index (χ1) is 9.76. The number of benzene rings is 1. The molecule has 0 aromatic heterocycles. The zero-order valence-corrected chi connectivity index (χ0v) is 12.2. The van der Waals surface area contributed by atoms with Gasteiger partial charge in [0.2, 0.25) is 0 Å². The van der Waals surface area contributed by atoms with Gasteiger partial charge in [0.15, 0.2) is 0 Å². The predicted molar refractivity (Wildman–Crippen MR) is 77.8 cm³/mol. The van der Waals surface area contributed by atoms with Crippen LogP contribution < -0.4 is 19.5 Å². The summed E-state index contributed by atoms with van der Waals surface area (Å²) in [5, 5.41) is 3.68. The van der Waals surface area contributed by atoms with Gasteiger partial charge in [-0.15, -0.1) is 0 Å². The maximum Gasteiger partial charge on any atom is 0.127 e. The fourth-order valence-electron chi connectivity index (χ4n) is 3.35. The van der Waals surface area contributed by atoms with Crippen molar-refractivity contribution in [1.82, 2.24) is 5.32 Å². The minimum absolute atomic E-state index is 0.295. The molecule has 1 N–H and O–H groups in total. The summed E-state index contributed by atoms with van der Waals surface area (Å²) >= 11 is 0. The molecule has 110 valence electrons. The summed E-state index contributed by atoms with van der Waals surface area (Å²) < 4.78 is 16.8. The molecule has 2 aliphatic heterocycles. The molecule has 3 rings (SSSR count). The van der Waals surface area contributed by atoms with Crippen molar-refractivity contribution >= 4 is 0 Å². The molecule has 4 nitrogen and oxygen atoms in total. The van der Waals surface area contributed by atoms with Crippen molar-refractivity contribution in [2.75, 3.05) is 14.2 Å². The van der Waals surface area contributed by atoms with E-state index in [1.165, 1.54) is 19.3 Å². The van der Waals surface area contributed by atoms with Gasteiger partial charge >= 0.3 is 0 Å². The average Bonchev–Trinajstić information content (AvgIpc) is 2.46. The zero-order valence-electron chi connectivity index (χ0n) is 12.2. The van der Waals surface area contributed by atoms with Crippen molar-refractivity contribution in [3.8, 4) is 17.2 Å². The first-order valence-electron chi connectivity index (χ1n) is 7.42. The first-order valence-corrected chi connectivity index (χ1v) is 7.42. The lowest BCUT2D eigenvalue weighted by atomic mass is 9.85. The zero-order chi connectivity index (χ0) is 13.9. The van der Waals surface area contributed by atoms with Gasteiger partial charge in [0.05, 0.1) is 14.2 Å². The van der Waals surface area contributed by atoms with Gasteiger partial charge in [-0.25, -0.2) is 0 Å². The number of hydrogen-bond donors (Lipinski definition) is 1. The highest BCUT2D eigenvalue weighted by Gasteiger charge is 2.32. The highest BCUT2D eigenvalue weighted by atomic mass is 16.5. The maximum absolute atomic E-state index is 6.18. The van der Waals surface area contributed by atoms with Gasteiger partial charge < -0.3 is 19.5 Å². The van der Waals surface area contributed by atoms with E-state index in [1.54, 1.807) is 14.2 Å². The molecule has 2 fully saturated rings. The molecule has 0 saturated carbocycles. The van der Waals surface area contributed by atoms with Crippen LogP contribution in [0.15, 0.2) is 18.2 Å². The molecule has 20 heavy (non-hydrogen) atoms. The average molecular weight is 277 g/mol. The van der Waals surface area contributed by atoms with Crippen molar-refractivity contribution < 1.29 is 14.2 Å². The largest absolute Gasteiger partial charge is 0.496 e. The van der Waals surface area contributed by atoms with Gasteiger partial charge in [-0.3, -0.25) is 0 Å². The highest BCUT2D eigenvalue weighted by molar-refractivity contribution is 5.42. The molecule has 2 saturated heterocycles. The summed E-state index contributed by atoms with van der Waals surface area (Å²) in [4.78, 5) is 0. The molecule has 3 atom stereocenters. The van der Waals surface area contributed by atoms with E-state index in [2.05, 4.69) is 5.32 Å². The third-order valence-corrected chi connectivity index (χ3v) is 4.30. The molecule has 4 heteroatoms. The second-order valence-electron chi connectivity index (χ2n) is 5.75. The topological polar surface area (TPSA) is 39.7 Å². The van der Waals surface area contributed by atoms with Crippen molar-refractivity contribution in [1.29, 1.82) is 0 Å². The minimum Gasteiger partial charge on any atom is -0.496 e. The van der Waals surface area contributed by atoms with E-state index in [9.17, 15) is 0 Å². The first kappa shape index (κ1) is 13.6. The van der Waals surface area contributed by atoms with E-state index in [0.29, 0.717) is 18.2 Å². The Morgan fingerprint density at radius 1 is 0.900 bits per heavy atom. The molecule has 0 radical (unpaired) electrons. The van der Waals surface area contributed by atoms with Crippen molar-refractivity contribution in [3.05, 3.63) is 18.2 Å². The summed E-state index contributed by atoms with van der Waals surface area (Å²) in [5.41, 5.74) is 0. The fourth-order valence-corrected chi connectivity index (χ4v) is 3.35. The SMILES string of the molecule is COc1cc(OC)cc(OC2C[C@H]3CCC[C@@H](C2)N3)c1. The second-order valence-corrected chi connectivity index (χ2v) is 5.75. The van der Waals surface area contributed by atoms with Crippen LogP contribution in [0.2, 0.25) is 0 Å². The van der Waals surface area contributed by atoms with E-state index >= 15 is 0 Å². The number of methoxy groups -OCH3 is 2. The van der Waals surface area contributed by atoms with Crippen LogP contribution in [0.1, 0.15) is 32.1 Å². The molecule has 0 spiro atoms. The summed E-state index contributed by atoms with van der Waals surface area (Å²) in [6.07, 6.45) is 6.38. The van der Waals surface area contributed by atoms with Crippen LogP contribution >= 0.6 is 0 Å². The van der Waals surface area contributed by atoms with E-state index < -0.39 is 0 Å². The van der Waals surface area contributed by atoms with E-state index in [0.717, 1.165) is 30.1 Å². The Morgan fingerprint density at radius 3 is 2.00 bits per heavy atom. The van der Waals surface area contributed by atoms with Crippen molar-refractivity contribution in [2.24, 2.45) is 0 Å². The second kappa shape index (κ2) is 5.92. The molecule has 0 aliphatic carbocycles. The quantitative estimate of drug-likeness (QED) is 0.918. The van der Waals surface area contributed by atoms with Crippen molar-refractivity contribution in [2.45, 2.75) is 50.3 Å². The predicted octanol–water partition coefficient (Wildman–Crippen LogP) is 2.76. The van der Waals surface area contributed by atoms with Gasteiger partial charge in [-0.05, 0) is 25.7 Å². The molecule has 1 aromatic carbocycles. The standard InChI is InChI=1S/C16H23NO3/c1-18-13-8-14(19-2)10-16(9-13)20-15-6-11-4-3-5-12(7-15)17-11/h8-12,15,17H,3-7H2,1-2H3/t11-,12+,15?. The van der Waals surface area contributed by atoms with Crippen LogP contribution in [-0.2, 0) is 0 Å². The number of nitrogens with one attached hydrogen (secondary N) is 1. The Hall–Kier alpha value is -1.42. The van der Waals surface area contributed by atoms with Crippen LogP contribution in [0.25, 0.3) is 0 Å². The summed E-state index contributed by atoms with van der Waals surface area (Å²) in [7, 11) is 3.32. The normalized spacial score (nSPS) is 28.8. The van der Waals surface area contributed by atoms with Gasteiger partial charge in [-0.1, -0.05) is 6.42 Å². The maximum atomic E-state index is 6.18. The van der Waals surface area contributed by atoms with E-state index in [-0.39, 0.29) is 0 Å². The molecule has 2 bridgehead atoms. The fraction of sp³-hybridized carbons (Fsp3) is 0.625. The molecule has 0 amide bonds. The van der Waals surface area contributed by atoms with Gasteiger partial charge in [-0.2, -0.15) is 0 Å². The summed E-state index contributed by atoms with van der Waals surface area (Å²) in [6.45, 7) is 0. The Morgan fingerprint density at radius 2 is 1.45 bits per heavy atom. The number of hydrogen-bond acceptors (Lipinski definition) is 4. The summed E-state index contributed by atoms with van der Waals surface area (Å²) in [6, 6.07) is 6.98. The third-order valence-electron chi connectivity index (χ3n) is 4.30. The Kier molecular flexibility index (Phi) is 4.01. The van der Waals surface area contributed by atoms with E-state index in [4.69, 9.17) is 14.2 Å². The molecule has 1 unspecified atom stereocenters. The van der Waals surface area contributed by atoms with Crippen LogP contribution in [0.3, 0.4) is 0 Å². The van der Waals surface area contributed by atoms with Gasteiger partial charge in [0.1, 0.15) is 23.4 Å². The Balaban J connectivity index is 1.70.